The van der Waals surface area contributed by atoms with Gasteiger partial charge in [-0.3, -0.25) is 4.79 Å². The van der Waals surface area contributed by atoms with E-state index in [4.69, 9.17) is 5.26 Å². The molecule has 0 spiro atoms. The summed E-state index contributed by atoms with van der Waals surface area (Å²) in [6, 6.07) is 15.5. The number of pyridine rings is 1. The highest BCUT2D eigenvalue weighted by molar-refractivity contribution is 7.99. The summed E-state index contributed by atoms with van der Waals surface area (Å²) in [5, 5.41) is 15.9. The first-order valence-electron chi connectivity index (χ1n) is 6.52. The van der Waals surface area contributed by atoms with Gasteiger partial charge in [-0.2, -0.15) is 5.26 Å². The van der Waals surface area contributed by atoms with Crippen LogP contribution in [0.3, 0.4) is 0 Å². The number of nitrogens with zero attached hydrogens (tertiary/aromatic N) is 2. The van der Waals surface area contributed by atoms with E-state index < -0.39 is 0 Å². The molecule has 3 aromatic rings. The number of benzene rings is 1. The van der Waals surface area contributed by atoms with Crippen molar-refractivity contribution in [2.45, 2.75) is 5.03 Å². The molecule has 0 radical (unpaired) electrons. The van der Waals surface area contributed by atoms with E-state index in [1.54, 1.807) is 11.4 Å². The molecule has 0 aliphatic rings. The van der Waals surface area contributed by atoms with Gasteiger partial charge in [0.2, 0.25) is 5.91 Å². The van der Waals surface area contributed by atoms with Crippen LogP contribution in [0.2, 0.25) is 0 Å². The summed E-state index contributed by atoms with van der Waals surface area (Å²) >= 11 is 2.72. The third kappa shape index (κ3) is 3.27. The van der Waals surface area contributed by atoms with Crippen molar-refractivity contribution < 1.29 is 4.79 Å². The zero-order valence-electron chi connectivity index (χ0n) is 11.4. The highest BCUT2D eigenvalue weighted by Crippen LogP contribution is 2.24. The average Bonchev–Trinajstić information content (AvgIpc) is 3.00. The molecular formula is C16H11N3OS2. The molecule has 0 atom stereocenters. The highest BCUT2D eigenvalue weighted by Gasteiger charge is 2.09. The zero-order chi connectivity index (χ0) is 15.4. The maximum Gasteiger partial charge on any atom is 0.235 e. The first-order chi connectivity index (χ1) is 10.8. The quantitative estimate of drug-likeness (QED) is 0.739. The largest absolute Gasteiger partial charge is 0.316 e. The molecule has 2 heterocycles. The van der Waals surface area contributed by atoms with Crippen molar-refractivity contribution in [3.8, 4) is 6.07 Å². The topological polar surface area (TPSA) is 65.8 Å². The Balaban J connectivity index is 1.64. The average molecular weight is 325 g/mol. The van der Waals surface area contributed by atoms with Gasteiger partial charge in [0.15, 0.2) is 0 Å². The molecule has 0 saturated carbocycles. The Labute approximate surface area is 135 Å². The third-order valence-electron chi connectivity index (χ3n) is 2.96. The fourth-order valence-electron chi connectivity index (χ4n) is 1.92. The third-order valence-corrected chi connectivity index (χ3v) is 4.72. The zero-order valence-corrected chi connectivity index (χ0v) is 13.1. The lowest BCUT2D eigenvalue weighted by Crippen LogP contribution is -2.13. The van der Waals surface area contributed by atoms with E-state index in [0.29, 0.717) is 10.6 Å². The molecule has 0 fully saturated rings. The van der Waals surface area contributed by atoms with Crippen LogP contribution in [-0.2, 0) is 4.79 Å². The number of hydrogen-bond donors (Lipinski definition) is 1. The van der Waals surface area contributed by atoms with Crippen LogP contribution in [0.25, 0.3) is 10.9 Å². The van der Waals surface area contributed by atoms with Gasteiger partial charge in [0, 0.05) is 5.39 Å². The molecule has 1 amide bonds. The number of thiophene rings is 1. The summed E-state index contributed by atoms with van der Waals surface area (Å²) in [6.45, 7) is 0. The Hall–Kier alpha value is -2.36. The lowest BCUT2D eigenvalue weighted by molar-refractivity contribution is -0.113. The van der Waals surface area contributed by atoms with Crippen molar-refractivity contribution in [2.24, 2.45) is 0 Å². The molecule has 4 nitrogen and oxygen atoms in total. The number of thioether (sulfide) groups is 1. The number of nitrogens with one attached hydrogen (secondary N) is 1. The Morgan fingerprint density at radius 2 is 2.14 bits per heavy atom. The van der Waals surface area contributed by atoms with Gasteiger partial charge in [-0.1, -0.05) is 36.0 Å². The Morgan fingerprint density at radius 3 is 3.00 bits per heavy atom. The van der Waals surface area contributed by atoms with Crippen molar-refractivity contribution in [3.63, 3.8) is 0 Å². The van der Waals surface area contributed by atoms with Crippen molar-refractivity contribution in [2.75, 3.05) is 11.1 Å². The van der Waals surface area contributed by atoms with Gasteiger partial charge in [0.1, 0.15) is 11.1 Å². The van der Waals surface area contributed by atoms with Crippen LogP contribution < -0.4 is 5.32 Å². The standard InChI is InChI=1S/C16H11N3OS2/c17-9-12-7-8-21-16(12)19-14(20)10-22-15-6-5-11-3-1-2-4-13(11)18-15/h1-8H,10H2,(H,19,20). The predicted molar refractivity (Wildman–Crippen MR) is 90.1 cm³/mol. The Kier molecular flexibility index (Phi) is 4.37. The summed E-state index contributed by atoms with van der Waals surface area (Å²) in [7, 11) is 0. The van der Waals surface area contributed by atoms with E-state index in [1.165, 1.54) is 23.1 Å². The number of aromatic nitrogens is 1. The first kappa shape index (κ1) is 14.6. The summed E-state index contributed by atoms with van der Waals surface area (Å²) in [5.41, 5.74) is 1.41. The van der Waals surface area contributed by atoms with E-state index in [-0.39, 0.29) is 11.7 Å². The number of nitriles is 1. The van der Waals surface area contributed by atoms with Crippen LogP contribution in [0.4, 0.5) is 5.00 Å². The predicted octanol–water partition coefficient (Wildman–Crippen LogP) is 3.90. The summed E-state index contributed by atoms with van der Waals surface area (Å²) in [5.74, 6) is 0.118. The van der Waals surface area contributed by atoms with Gasteiger partial charge in [-0.25, -0.2) is 4.98 Å². The lowest BCUT2D eigenvalue weighted by Gasteiger charge is -2.04. The number of rotatable bonds is 4. The fourth-order valence-corrected chi connectivity index (χ4v) is 3.36. The maximum atomic E-state index is 12.0. The van der Waals surface area contributed by atoms with Crippen LogP contribution in [0.15, 0.2) is 52.9 Å². The normalized spacial score (nSPS) is 10.3. The van der Waals surface area contributed by atoms with Crippen LogP contribution in [0.5, 0.6) is 0 Å². The minimum atomic E-state index is -0.140. The van der Waals surface area contributed by atoms with Crippen LogP contribution in [0, 0.1) is 11.3 Å². The number of carbonyl (C=O) groups is 1. The number of anilines is 1. The molecule has 1 aromatic carbocycles. The van der Waals surface area contributed by atoms with Crippen molar-refractivity contribution >= 4 is 44.9 Å². The SMILES string of the molecule is N#Cc1ccsc1NC(=O)CSc1ccc2ccccc2n1. The second kappa shape index (κ2) is 6.60. The number of carbonyl (C=O) groups excluding carboxylic acids is 1. The summed E-state index contributed by atoms with van der Waals surface area (Å²) in [6.07, 6.45) is 0. The van der Waals surface area contributed by atoms with E-state index in [9.17, 15) is 4.79 Å². The smallest absolute Gasteiger partial charge is 0.235 e. The molecule has 0 aliphatic carbocycles. The van der Waals surface area contributed by atoms with Crippen LogP contribution in [-0.4, -0.2) is 16.6 Å². The minimum Gasteiger partial charge on any atom is -0.316 e. The number of hydrogen-bond acceptors (Lipinski definition) is 5. The van der Waals surface area contributed by atoms with Crippen LogP contribution >= 0.6 is 23.1 Å². The molecule has 22 heavy (non-hydrogen) atoms. The van der Waals surface area contributed by atoms with Gasteiger partial charge < -0.3 is 5.32 Å². The Morgan fingerprint density at radius 1 is 1.27 bits per heavy atom. The minimum absolute atomic E-state index is 0.140. The first-order valence-corrected chi connectivity index (χ1v) is 8.39. The van der Waals surface area contributed by atoms with Gasteiger partial charge >= 0.3 is 0 Å². The second-order valence-electron chi connectivity index (χ2n) is 4.45. The summed E-state index contributed by atoms with van der Waals surface area (Å²) < 4.78 is 0. The molecule has 3 rings (SSSR count). The molecule has 0 bridgehead atoms. The van der Waals surface area contributed by atoms with Gasteiger partial charge in [-0.15, -0.1) is 11.3 Å². The second-order valence-corrected chi connectivity index (χ2v) is 6.37. The fraction of sp³-hybridized carbons (Fsp3) is 0.0625. The highest BCUT2D eigenvalue weighted by atomic mass is 32.2. The Bertz CT molecular complexity index is 867. The number of amides is 1. The molecular weight excluding hydrogens is 314 g/mol. The number of fused-ring (bicyclic) bond motifs is 1. The summed E-state index contributed by atoms with van der Waals surface area (Å²) in [4.78, 5) is 16.5. The van der Waals surface area contributed by atoms with Gasteiger partial charge in [0.05, 0.1) is 21.9 Å². The van der Waals surface area contributed by atoms with Gasteiger partial charge in [-0.05, 0) is 23.6 Å². The molecule has 0 saturated heterocycles. The number of para-hydroxylation sites is 1. The van der Waals surface area contributed by atoms with E-state index in [1.807, 2.05) is 36.4 Å². The van der Waals surface area contributed by atoms with Gasteiger partial charge in [0.25, 0.3) is 0 Å². The van der Waals surface area contributed by atoms with Crippen molar-refractivity contribution in [1.82, 2.24) is 4.98 Å². The molecule has 0 unspecified atom stereocenters. The maximum absolute atomic E-state index is 12.0. The lowest BCUT2D eigenvalue weighted by atomic mass is 10.2. The van der Waals surface area contributed by atoms with Crippen LogP contribution in [0.1, 0.15) is 5.56 Å². The van der Waals surface area contributed by atoms with Crippen molar-refractivity contribution in [3.05, 3.63) is 53.4 Å². The molecule has 0 aliphatic heterocycles. The van der Waals surface area contributed by atoms with E-state index in [0.717, 1.165) is 15.9 Å². The molecule has 1 N–H and O–H groups in total. The molecule has 2 aromatic heterocycles. The molecule has 108 valence electrons. The molecule has 6 heteroatoms. The monoisotopic (exact) mass is 325 g/mol. The van der Waals surface area contributed by atoms with E-state index in [2.05, 4.69) is 16.4 Å². The van der Waals surface area contributed by atoms with E-state index >= 15 is 0 Å². The van der Waals surface area contributed by atoms with Crippen molar-refractivity contribution in [1.29, 1.82) is 5.26 Å².